The van der Waals surface area contributed by atoms with E-state index in [1.807, 2.05) is 6.92 Å². The minimum atomic E-state index is -0.420. The minimum absolute atomic E-state index is 0.0722. The SMILES string of the molecule is Cc1cc(NC(C)c2ccc(Br)cc2F)ccc1[N+](=O)[O-]. The summed E-state index contributed by atoms with van der Waals surface area (Å²) in [4.78, 5) is 10.4. The van der Waals surface area contributed by atoms with Gasteiger partial charge in [-0.15, -0.1) is 0 Å². The first-order chi connectivity index (χ1) is 9.88. The van der Waals surface area contributed by atoms with Gasteiger partial charge in [0.05, 0.1) is 11.0 Å². The third-order valence-corrected chi connectivity index (χ3v) is 3.70. The first kappa shape index (κ1) is 15.4. The Balaban J connectivity index is 2.21. The number of aryl methyl sites for hydroxylation is 1. The van der Waals surface area contributed by atoms with Gasteiger partial charge in [-0.05, 0) is 38.1 Å². The van der Waals surface area contributed by atoms with Gasteiger partial charge in [-0.3, -0.25) is 10.1 Å². The Morgan fingerprint density at radius 3 is 2.57 bits per heavy atom. The Kier molecular flexibility index (Phi) is 4.57. The van der Waals surface area contributed by atoms with Crippen LogP contribution in [0.1, 0.15) is 24.1 Å². The fourth-order valence-electron chi connectivity index (χ4n) is 2.13. The molecular formula is C15H14BrFN2O2. The van der Waals surface area contributed by atoms with Crippen molar-refractivity contribution in [1.29, 1.82) is 0 Å². The molecule has 4 nitrogen and oxygen atoms in total. The third kappa shape index (κ3) is 3.58. The largest absolute Gasteiger partial charge is 0.378 e. The fourth-order valence-corrected chi connectivity index (χ4v) is 2.46. The molecule has 0 fully saturated rings. The molecule has 1 atom stereocenters. The van der Waals surface area contributed by atoms with Crippen LogP contribution >= 0.6 is 15.9 Å². The van der Waals surface area contributed by atoms with E-state index in [0.29, 0.717) is 21.3 Å². The number of halogens is 2. The Labute approximate surface area is 130 Å². The fraction of sp³-hybridized carbons (Fsp3) is 0.200. The van der Waals surface area contributed by atoms with E-state index in [2.05, 4.69) is 21.2 Å². The van der Waals surface area contributed by atoms with Crippen molar-refractivity contribution in [2.45, 2.75) is 19.9 Å². The molecule has 0 aromatic heterocycles. The second-order valence-corrected chi connectivity index (χ2v) is 5.71. The molecule has 1 N–H and O–H groups in total. The normalized spacial score (nSPS) is 12.0. The quantitative estimate of drug-likeness (QED) is 0.623. The number of nitro benzene ring substituents is 1. The summed E-state index contributed by atoms with van der Waals surface area (Å²) in [6.45, 7) is 3.51. The second-order valence-electron chi connectivity index (χ2n) is 4.79. The third-order valence-electron chi connectivity index (χ3n) is 3.21. The highest BCUT2D eigenvalue weighted by atomic mass is 79.9. The van der Waals surface area contributed by atoms with Crippen LogP contribution in [0.25, 0.3) is 0 Å². The maximum atomic E-state index is 13.9. The van der Waals surface area contributed by atoms with E-state index < -0.39 is 4.92 Å². The molecule has 6 heteroatoms. The van der Waals surface area contributed by atoms with Gasteiger partial charge in [0.2, 0.25) is 0 Å². The zero-order chi connectivity index (χ0) is 15.6. The van der Waals surface area contributed by atoms with Gasteiger partial charge < -0.3 is 5.32 Å². The van der Waals surface area contributed by atoms with Crippen LogP contribution in [0.15, 0.2) is 40.9 Å². The molecule has 0 radical (unpaired) electrons. The van der Waals surface area contributed by atoms with E-state index in [9.17, 15) is 14.5 Å². The highest BCUT2D eigenvalue weighted by Crippen LogP contribution is 2.27. The first-order valence-electron chi connectivity index (χ1n) is 6.35. The number of benzene rings is 2. The maximum absolute atomic E-state index is 13.9. The average molecular weight is 353 g/mol. The summed E-state index contributed by atoms with van der Waals surface area (Å²) >= 11 is 3.22. The molecule has 2 aromatic carbocycles. The summed E-state index contributed by atoms with van der Waals surface area (Å²) in [6, 6.07) is 9.40. The summed E-state index contributed by atoms with van der Waals surface area (Å²) in [7, 11) is 0. The lowest BCUT2D eigenvalue weighted by atomic mass is 10.1. The lowest BCUT2D eigenvalue weighted by molar-refractivity contribution is -0.385. The maximum Gasteiger partial charge on any atom is 0.272 e. The van der Waals surface area contributed by atoms with E-state index >= 15 is 0 Å². The van der Waals surface area contributed by atoms with Crippen molar-refractivity contribution < 1.29 is 9.31 Å². The van der Waals surface area contributed by atoms with Crippen LogP contribution in [-0.4, -0.2) is 4.92 Å². The first-order valence-corrected chi connectivity index (χ1v) is 7.14. The van der Waals surface area contributed by atoms with Gasteiger partial charge in [0, 0.05) is 27.4 Å². The summed E-state index contributed by atoms with van der Waals surface area (Å²) < 4.78 is 14.6. The second kappa shape index (κ2) is 6.22. The molecule has 0 saturated carbocycles. The standard InChI is InChI=1S/C15H14BrFN2O2/c1-9-7-12(4-6-15(9)19(20)21)18-10(2)13-5-3-11(16)8-14(13)17/h3-8,10,18H,1-2H3. The lowest BCUT2D eigenvalue weighted by Gasteiger charge is -2.17. The van der Waals surface area contributed by atoms with E-state index in [1.54, 1.807) is 31.2 Å². The molecule has 0 aliphatic rings. The number of hydrogen-bond acceptors (Lipinski definition) is 3. The van der Waals surface area contributed by atoms with Crippen molar-refractivity contribution in [3.63, 3.8) is 0 Å². The molecule has 2 rings (SSSR count). The van der Waals surface area contributed by atoms with Gasteiger partial charge in [0.25, 0.3) is 5.69 Å². The molecule has 0 aliphatic heterocycles. The lowest BCUT2D eigenvalue weighted by Crippen LogP contribution is -2.09. The van der Waals surface area contributed by atoms with E-state index in [1.165, 1.54) is 12.1 Å². The Morgan fingerprint density at radius 2 is 2.00 bits per heavy atom. The van der Waals surface area contributed by atoms with Crippen LogP contribution in [0.3, 0.4) is 0 Å². The predicted octanol–water partition coefficient (Wildman–Crippen LogP) is 4.98. The predicted molar refractivity (Wildman–Crippen MR) is 84.0 cm³/mol. The van der Waals surface area contributed by atoms with Crippen LogP contribution in [-0.2, 0) is 0 Å². The minimum Gasteiger partial charge on any atom is -0.378 e. The Bertz CT molecular complexity index is 691. The summed E-state index contributed by atoms with van der Waals surface area (Å²) in [5.74, 6) is -0.303. The van der Waals surface area contributed by atoms with Crippen LogP contribution in [0.5, 0.6) is 0 Å². The number of hydrogen-bond donors (Lipinski definition) is 1. The van der Waals surface area contributed by atoms with Crippen LogP contribution in [0.4, 0.5) is 15.8 Å². The van der Waals surface area contributed by atoms with Gasteiger partial charge in [-0.2, -0.15) is 0 Å². The number of nitrogens with zero attached hydrogens (tertiary/aromatic N) is 1. The highest BCUT2D eigenvalue weighted by molar-refractivity contribution is 9.10. The van der Waals surface area contributed by atoms with Gasteiger partial charge in [-0.1, -0.05) is 22.0 Å². The van der Waals surface area contributed by atoms with Crippen molar-refractivity contribution in [2.75, 3.05) is 5.32 Å². The summed E-state index contributed by atoms with van der Waals surface area (Å²) in [6.07, 6.45) is 0. The molecule has 0 heterocycles. The monoisotopic (exact) mass is 352 g/mol. The molecule has 0 saturated heterocycles. The van der Waals surface area contributed by atoms with E-state index in [4.69, 9.17) is 0 Å². The molecule has 2 aromatic rings. The van der Waals surface area contributed by atoms with Crippen molar-refractivity contribution >= 4 is 27.3 Å². The van der Waals surface area contributed by atoms with Crippen molar-refractivity contribution in [3.8, 4) is 0 Å². The molecule has 0 bridgehead atoms. The zero-order valence-electron chi connectivity index (χ0n) is 11.6. The van der Waals surface area contributed by atoms with Crippen molar-refractivity contribution in [1.82, 2.24) is 0 Å². The molecule has 0 amide bonds. The highest BCUT2D eigenvalue weighted by Gasteiger charge is 2.14. The van der Waals surface area contributed by atoms with Crippen LogP contribution in [0.2, 0.25) is 0 Å². The molecule has 0 aliphatic carbocycles. The Morgan fingerprint density at radius 1 is 1.29 bits per heavy atom. The van der Waals surface area contributed by atoms with E-state index in [-0.39, 0.29) is 17.5 Å². The van der Waals surface area contributed by atoms with Gasteiger partial charge in [-0.25, -0.2) is 4.39 Å². The topological polar surface area (TPSA) is 55.2 Å². The molecule has 21 heavy (non-hydrogen) atoms. The number of nitro groups is 1. The van der Waals surface area contributed by atoms with Gasteiger partial charge >= 0.3 is 0 Å². The molecule has 1 unspecified atom stereocenters. The number of nitrogens with one attached hydrogen (secondary N) is 1. The molecule has 110 valence electrons. The van der Waals surface area contributed by atoms with E-state index in [0.717, 1.165) is 0 Å². The van der Waals surface area contributed by atoms with Gasteiger partial charge in [0.15, 0.2) is 0 Å². The zero-order valence-corrected chi connectivity index (χ0v) is 13.1. The number of anilines is 1. The van der Waals surface area contributed by atoms with Crippen LogP contribution < -0.4 is 5.32 Å². The van der Waals surface area contributed by atoms with Crippen molar-refractivity contribution in [3.05, 3.63) is 67.9 Å². The molecular weight excluding hydrogens is 339 g/mol. The van der Waals surface area contributed by atoms with Gasteiger partial charge in [0.1, 0.15) is 5.82 Å². The smallest absolute Gasteiger partial charge is 0.272 e. The van der Waals surface area contributed by atoms with Crippen LogP contribution in [0, 0.1) is 22.9 Å². The van der Waals surface area contributed by atoms with Crippen molar-refractivity contribution in [2.24, 2.45) is 0 Å². The summed E-state index contributed by atoms with van der Waals surface area (Å²) in [5, 5.41) is 13.9. The molecule has 0 spiro atoms. The summed E-state index contributed by atoms with van der Waals surface area (Å²) in [5.41, 5.74) is 1.89. The Hall–Kier alpha value is -1.95. The average Bonchev–Trinajstić information content (AvgIpc) is 2.37. The number of rotatable bonds is 4.